The third-order valence-corrected chi connectivity index (χ3v) is 5.24. The molecule has 2 aromatic heterocycles. The number of rotatable bonds is 6. The second-order valence-electron chi connectivity index (χ2n) is 7.45. The van der Waals surface area contributed by atoms with E-state index in [9.17, 15) is 9.18 Å². The Morgan fingerprint density at radius 1 is 0.968 bits per heavy atom. The van der Waals surface area contributed by atoms with Gasteiger partial charge in [0.15, 0.2) is 5.78 Å². The van der Waals surface area contributed by atoms with E-state index in [4.69, 9.17) is 4.74 Å². The van der Waals surface area contributed by atoms with E-state index in [0.717, 1.165) is 35.2 Å². The van der Waals surface area contributed by atoms with Gasteiger partial charge in [-0.3, -0.25) is 4.79 Å². The second-order valence-corrected chi connectivity index (χ2v) is 7.45. The Kier molecular flexibility index (Phi) is 5.71. The van der Waals surface area contributed by atoms with Crippen molar-refractivity contribution in [3.05, 3.63) is 83.3 Å². The molecule has 0 unspecified atom stereocenters. The highest BCUT2D eigenvalue weighted by Gasteiger charge is 2.15. The Morgan fingerprint density at radius 2 is 1.71 bits per heavy atom. The minimum Gasteiger partial charge on any atom is -0.497 e. The van der Waals surface area contributed by atoms with Gasteiger partial charge in [-0.1, -0.05) is 12.1 Å². The molecule has 6 heteroatoms. The minimum atomic E-state index is -0.412. The van der Waals surface area contributed by atoms with Crippen LogP contribution in [0.15, 0.2) is 54.9 Å². The number of halogens is 1. The predicted molar refractivity (Wildman–Crippen MR) is 118 cm³/mol. The molecular formula is C25H22FN3O2. The van der Waals surface area contributed by atoms with Gasteiger partial charge in [-0.2, -0.15) is 0 Å². The number of methoxy groups -OCH3 is 1. The maximum atomic E-state index is 14.8. The van der Waals surface area contributed by atoms with Gasteiger partial charge in [0.1, 0.15) is 23.1 Å². The summed E-state index contributed by atoms with van der Waals surface area (Å²) in [6.45, 7) is 3.32. The first kappa shape index (κ1) is 20.6. The number of hydrogen-bond donors (Lipinski definition) is 0. The molecule has 0 spiro atoms. The van der Waals surface area contributed by atoms with Crippen molar-refractivity contribution in [2.75, 3.05) is 7.11 Å². The zero-order chi connectivity index (χ0) is 22.0. The third kappa shape index (κ3) is 4.43. The summed E-state index contributed by atoms with van der Waals surface area (Å²) >= 11 is 0. The summed E-state index contributed by atoms with van der Waals surface area (Å²) in [5.41, 5.74) is 4.13. The second kappa shape index (κ2) is 8.60. The SMILES string of the molecule is COc1ccc(-c2cc(C(C)=O)nc3cc(CCc4cnc(C)nc4)ccc23)c(F)c1. The fourth-order valence-electron chi connectivity index (χ4n) is 3.51. The van der Waals surface area contributed by atoms with E-state index in [1.807, 2.05) is 37.5 Å². The number of carbonyl (C=O) groups is 1. The number of hydrogen-bond acceptors (Lipinski definition) is 5. The molecule has 4 rings (SSSR count). The highest BCUT2D eigenvalue weighted by atomic mass is 19.1. The summed E-state index contributed by atoms with van der Waals surface area (Å²) in [6, 6.07) is 12.3. The summed E-state index contributed by atoms with van der Waals surface area (Å²) in [4.78, 5) is 25.1. The molecule has 0 bridgehead atoms. The fourth-order valence-corrected chi connectivity index (χ4v) is 3.51. The molecular weight excluding hydrogens is 393 g/mol. The van der Waals surface area contributed by atoms with Crippen molar-refractivity contribution in [2.45, 2.75) is 26.7 Å². The minimum absolute atomic E-state index is 0.167. The van der Waals surface area contributed by atoms with Crippen LogP contribution in [0, 0.1) is 12.7 Å². The molecule has 2 aromatic carbocycles. The average molecular weight is 415 g/mol. The lowest BCUT2D eigenvalue weighted by molar-refractivity contribution is 0.101. The molecule has 0 fully saturated rings. The van der Waals surface area contributed by atoms with Crippen LogP contribution in [0.5, 0.6) is 5.75 Å². The Bertz CT molecular complexity index is 1270. The molecule has 156 valence electrons. The van der Waals surface area contributed by atoms with Crippen molar-refractivity contribution >= 4 is 16.7 Å². The summed E-state index contributed by atoms with van der Waals surface area (Å²) in [7, 11) is 1.49. The van der Waals surface area contributed by atoms with Gasteiger partial charge >= 0.3 is 0 Å². The van der Waals surface area contributed by atoms with Crippen LogP contribution in [0.25, 0.3) is 22.0 Å². The van der Waals surface area contributed by atoms with Gasteiger partial charge in [0.25, 0.3) is 0 Å². The number of ether oxygens (including phenoxy) is 1. The van der Waals surface area contributed by atoms with Gasteiger partial charge in [-0.05, 0) is 60.7 Å². The fraction of sp³-hybridized carbons (Fsp3) is 0.200. The predicted octanol–water partition coefficient (Wildman–Crippen LogP) is 5.14. The standard InChI is InChI=1S/C25H22FN3O2/c1-15(30)24-12-22(20-9-7-19(31-3)11-23(20)26)21-8-6-17(10-25(21)29-24)4-5-18-13-27-16(2)28-14-18/h6-14H,4-5H2,1-3H3. The van der Waals surface area contributed by atoms with Crippen LogP contribution in [0.1, 0.15) is 34.4 Å². The molecule has 0 N–H and O–H groups in total. The van der Waals surface area contributed by atoms with Crippen molar-refractivity contribution in [1.82, 2.24) is 15.0 Å². The van der Waals surface area contributed by atoms with E-state index in [-0.39, 0.29) is 5.78 Å². The number of benzene rings is 2. The van der Waals surface area contributed by atoms with E-state index >= 15 is 0 Å². The molecule has 0 aliphatic heterocycles. The van der Waals surface area contributed by atoms with Gasteiger partial charge < -0.3 is 4.74 Å². The molecule has 0 atom stereocenters. The van der Waals surface area contributed by atoms with Crippen LogP contribution >= 0.6 is 0 Å². The number of fused-ring (bicyclic) bond motifs is 1. The Morgan fingerprint density at radius 3 is 2.39 bits per heavy atom. The summed E-state index contributed by atoms with van der Waals surface area (Å²) < 4.78 is 19.9. The van der Waals surface area contributed by atoms with Gasteiger partial charge in [0.2, 0.25) is 0 Å². The van der Waals surface area contributed by atoms with E-state index in [1.54, 1.807) is 18.2 Å². The van der Waals surface area contributed by atoms with Crippen molar-refractivity contribution in [1.29, 1.82) is 0 Å². The normalized spacial score (nSPS) is 11.0. The average Bonchev–Trinajstić information content (AvgIpc) is 2.77. The molecule has 0 aliphatic carbocycles. The highest BCUT2D eigenvalue weighted by Crippen LogP contribution is 2.33. The maximum Gasteiger partial charge on any atom is 0.178 e. The Hall–Kier alpha value is -3.67. The van der Waals surface area contributed by atoms with Crippen LogP contribution in [0.3, 0.4) is 0 Å². The quantitative estimate of drug-likeness (QED) is 0.408. The molecule has 0 radical (unpaired) electrons. The molecule has 31 heavy (non-hydrogen) atoms. The third-order valence-electron chi connectivity index (χ3n) is 5.24. The maximum absolute atomic E-state index is 14.8. The lowest BCUT2D eigenvalue weighted by Gasteiger charge is -2.12. The molecule has 5 nitrogen and oxygen atoms in total. The van der Waals surface area contributed by atoms with Crippen LogP contribution in [0.4, 0.5) is 4.39 Å². The van der Waals surface area contributed by atoms with E-state index in [2.05, 4.69) is 15.0 Å². The monoisotopic (exact) mass is 415 g/mol. The number of ketones is 1. The number of aryl methyl sites for hydroxylation is 3. The van der Waals surface area contributed by atoms with Crippen molar-refractivity contribution < 1.29 is 13.9 Å². The lowest BCUT2D eigenvalue weighted by atomic mass is 9.96. The highest BCUT2D eigenvalue weighted by molar-refractivity contribution is 6.01. The van der Waals surface area contributed by atoms with Crippen molar-refractivity contribution in [3.63, 3.8) is 0 Å². The Balaban J connectivity index is 1.75. The van der Waals surface area contributed by atoms with Crippen LogP contribution in [-0.4, -0.2) is 27.8 Å². The first-order valence-electron chi connectivity index (χ1n) is 10.0. The Labute approximate surface area is 180 Å². The molecule has 2 heterocycles. The molecule has 0 amide bonds. The molecule has 0 saturated carbocycles. The smallest absolute Gasteiger partial charge is 0.178 e. The number of Topliss-reactive ketones (excluding diaryl/α,β-unsaturated/α-hetero) is 1. The summed E-state index contributed by atoms with van der Waals surface area (Å²) in [6.07, 6.45) is 5.23. The van der Waals surface area contributed by atoms with Crippen LogP contribution in [0.2, 0.25) is 0 Å². The van der Waals surface area contributed by atoms with E-state index in [1.165, 1.54) is 20.1 Å². The van der Waals surface area contributed by atoms with Crippen molar-refractivity contribution in [3.8, 4) is 16.9 Å². The van der Waals surface area contributed by atoms with E-state index in [0.29, 0.717) is 28.1 Å². The summed E-state index contributed by atoms with van der Waals surface area (Å²) in [5, 5.41) is 0.788. The van der Waals surface area contributed by atoms with Crippen molar-refractivity contribution in [2.24, 2.45) is 0 Å². The van der Waals surface area contributed by atoms with Crippen LogP contribution in [-0.2, 0) is 12.8 Å². The van der Waals surface area contributed by atoms with Gasteiger partial charge in [-0.15, -0.1) is 0 Å². The zero-order valence-corrected chi connectivity index (χ0v) is 17.6. The largest absolute Gasteiger partial charge is 0.497 e. The van der Waals surface area contributed by atoms with E-state index < -0.39 is 5.82 Å². The van der Waals surface area contributed by atoms with Gasteiger partial charge in [-0.25, -0.2) is 19.3 Å². The molecule has 0 aliphatic rings. The number of carbonyl (C=O) groups excluding carboxylic acids is 1. The van der Waals surface area contributed by atoms with Gasteiger partial charge in [0.05, 0.1) is 12.6 Å². The number of pyridine rings is 1. The van der Waals surface area contributed by atoms with Crippen LogP contribution < -0.4 is 4.74 Å². The molecule has 4 aromatic rings. The lowest BCUT2D eigenvalue weighted by Crippen LogP contribution is -2.01. The van der Waals surface area contributed by atoms with Gasteiger partial charge in [0, 0.05) is 36.3 Å². The first-order valence-corrected chi connectivity index (χ1v) is 10.0. The first-order chi connectivity index (χ1) is 14.9. The zero-order valence-electron chi connectivity index (χ0n) is 17.6. The molecule has 0 saturated heterocycles. The summed E-state index contributed by atoms with van der Waals surface area (Å²) in [5.74, 6) is 0.603. The number of aromatic nitrogens is 3. The number of nitrogens with zero attached hydrogens (tertiary/aromatic N) is 3. The topological polar surface area (TPSA) is 65.0 Å².